The Labute approximate surface area is 97.6 Å². The smallest absolute Gasteiger partial charge is 0.112 e. The van der Waals surface area contributed by atoms with Gasteiger partial charge in [0.25, 0.3) is 0 Å². The molecule has 0 aromatic rings. The maximum absolute atomic E-state index is 5.83. The zero-order chi connectivity index (χ0) is 11.4. The quantitative estimate of drug-likeness (QED) is 0.764. The topological polar surface area (TPSA) is 33.7 Å². The van der Waals surface area contributed by atoms with Gasteiger partial charge < -0.3 is 19.7 Å². The van der Waals surface area contributed by atoms with E-state index in [4.69, 9.17) is 9.47 Å². The van der Waals surface area contributed by atoms with Gasteiger partial charge in [0.15, 0.2) is 0 Å². The van der Waals surface area contributed by atoms with Crippen molar-refractivity contribution in [2.75, 3.05) is 40.4 Å². The van der Waals surface area contributed by atoms with Crippen molar-refractivity contribution in [2.24, 2.45) is 0 Å². The standard InChI is InChI=1S/C12H22N2O2/c1-13-12(10-5-3-4-7-15-10)11-9-14(2)6-8-16-11/h5,11-13H,3-4,6-9H2,1-2H3. The summed E-state index contributed by atoms with van der Waals surface area (Å²) in [6.45, 7) is 3.64. The van der Waals surface area contributed by atoms with Crippen LogP contribution in [0, 0.1) is 0 Å². The Bertz CT molecular complexity index is 255. The van der Waals surface area contributed by atoms with Crippen molar-refractivity contribution >= 4 is 0 Å². The molecule has 4 nitrogen and oxygen atoms in total. The molecule has 0 bridgehead atoms. The van der Waals surface area contributed by atoms with Crippen molar-refractivity contribution in [2.45, 2.75) is 25.0 Å². The van der Waals surface area contributed by atoms with Gasteiger partial charge in [-0.05, 0) is 33.0 Å². The number of nitrogens with zero attached hydrogens (tertiary/aromatic N) is 1. The zero-order valence-electron chi connectivity index (χ0n) is 10.2. The van der Waals surface area contributed by atoms with E-state index in [-0.39, 0.29) is 12.1 Å². The fraction of sp³-hybridized carbons (Fsp3) is 0.833. The molecule has 2 unspecified atom stereocenters. The lowest BCUT2D eigenvalue weighted by molar-refractivity contribution is -0.0411. The summed E-state index contributed by atoms with van der Waals surface area (Å²) in [5.74, 6) is 1.06. The normalized spacial score (nSPS) is 29.4. The fourth-order valence-electron chi connectivity index (χ4n) is 2.32. The summed E-state index contributed by atoms with van der Waals surface area (Å²) in [5.41, 5.74) is 0. The first-order chi connectivity index (χ1) is 7.81. The van der Waals surface area contributed by atoms with E-state index in [1.165, 1.54) is 0 Å². The molecule has 2 atom stereocenters. The van der Waals surface area contributed by atoms with Crippen molar-refractivity contribution < 1.29 is 9.47 Å². The van der Waals surface area contributed by atoms with Crippen molar-refractivity contribution in [3.8, 4) is 0 Å². The molecule has 0 aromatic carbocycles. The third-order valence-corrected chi connectivity index (χ3v) is 3.25. The second kappa shape index (κ2) is 5.66. The first-order valence-corrected chi connectivity index (χ1v) is 6.11. The first-order valence-electron chi connectivity index (χ1n) is 6.11. The van der Waals surface area contributed by atoms with Gasteiger partial charge in [-0.1, -0.05) is 0 Å². The number of morpholine rings is 1. The molecule has 2 rings (SSSR count). The molecule has 0 radical (unpaired) electrons. The van der Waals surface area contributed by atoms with Crippen molar-refractivity contribution in [3.63, 3.8) is 0 Å². The predicted molar refractivity (Wildman–Crippen MR) is 63.4 cm³/mol. The number of allylic oxidation sites excluding steroid dienone is 1. The number of ether oxygens (including phenoxy) is 2. The molecule has 0 amide bonds. The van der Waals surface area contributed by atoms with E-state index in [0.29, 0.717) is 0 Å². The van der Waals surface area contributed by atoms with Gasteiger partial charge in [0.05, 0.1) is 25.4 Å². The Hall–Kier alpha value is -0.580. The number of hydrogen-bond acceptors (Lipinski definition) is 4. The molecule has 2 heterocycles. The van der Waals surface area contributed by atoms with Gasteiger partial charge in [-0.15, -0.1) is 0 Å². The van der Waals surface area contributed by atoms with Crippen LogP contribution in [0.15, 0.2) is 11.8 Å². The van der Waals surface area contributed by atoms with Gasteiger partial charge >= 0.3 is 0 Å². The molecule has 0 aliphatic carbocycles. The van der Waals surface area contributed by atoms with Gasteiger partial charge in [-0.2, -0.15) is 0 Å². The zero-order valence-corrected chi connectivity index (χ0v) is 10.2. The monoisotopic (exact) mass is 226 g/mol. The van der Waals surface area contributed by atoms with E-state index in [2.05, 4.69) is 23.3 Å². The van der Waals surface area contributed by atoms with Crippen LogP contribution in [0.1, 0.15) is 12.8 Å². The van der Waals surface area contributed by atoms with E-state index in [1.807, 2.05) is 7.05 Å². The van der Waals surface area contributed by atoms with Gasteiger partial charge in [-0.25, -0.2) is 0 Å². The number of nitrogens with one attached hydrogen (secondary N) is 1. The maximum Gasteiger partial charge on any atom is 0.112 e. The fourth-order valence-corrected chi connectivity index (χ4v) is 2.32. The molecule has 4 heteroatoms. The van der Waals surface area contributed by atoms with Gasteiger partial charge in [0.1, 0.15) is 5.76 Å². The minimum atomic E-state index is 0.197. The molecular formula is C12H22N2O2. The third-order valence-electron chi connectivity index (χ3n) is 3.25. The highest BCUT2D eigenvalue weighted by molar-refractivity contribution is 5.09. The summed E-state index contributed by atoms with van der Waals surface area (Å²) in [7, 11) is 4.11. The molecular weight excluding hydrogens is 204 g/mol. The van der Waals surface area contributed by atoms with E-state index >= 15 is 0 Å². The Morgan fingerprint density at radius 2 is 2.38 bits per heavy atom. The Kier molecular flexibility index (Phi) is 4.21. The van der Waals surface area contributed by atoms with E-state index in [1.54, 1.807) is 0 Å². The third kappa shape index (κ3) is 2.75. The first kappa shape index (κ1) is 11.9. The number of rotatable bonds is 3. The van der Waals surface area contributed by atoms with Crippen LogP contribution in [0.4, 0.5) is 0 Å². The summed E-state index contributed by atoms with van der Waals surface area (Å²) < 4.78 is 11.5. The predicted octanol–water partition coefficient (Wildman–Crippen LogP) is 0.599. The van der Waals surface area contributed by atoms with E-state index in [0.717, 1.165) is 44.9 Å². The molecule has 1 N–H and O–H groups in total. The van der Waals surface area contributed by atoms with Crippen LogP contribution in [0.2, 0.25) is 0 Å². The Morgan fingerprint density at radius 3 is 3.00 bits per heavy atom. The molecule has 16 heavy (non-hydrogen) atoms. The molecule has 0 saturated carbocycles. The lowest BCUT2D eigenvalue weighted by Crippen LogP contribution is -2.51. The minimum absolute atomic E-state index is 0.197. The van der Waals surface area contributed by atoms with Gasteiger partial charge in [0, 0.05) is 13.1 Å². The molecule has 1 saturated heterocycles. The van der Waals surface area contributed by atoms with Crippen LogP contribution in [0.5, 0.6) is 0 Å². The van der Waals surface area contributed by atoms with Crippen LogP contribution in [0.3, 0.4) is 0 Å². The van der Waals surface area contributed by atoms with Gasteiger partial charge in [0.2, 0.25) is 0 Å². The largest absolute Gasteiger partial charge is 0.496 e. The molecule has 2 aliphatic rings. The Morgan fingerprint density at radius 1 is 1.50 bits per heavy atom. The number of likely N-dealkylation sites (N-methyl/N-ethyl adjacent to an activating group) is 2. The summed E-state index contributed by atoms with van der Waals surface area (Å²) in [5, 5.41) is 3.32. The highest BCUT2D eigenvalue weighted by Gasteiger charge is 2.29. The molecule has 0 spiro atoms. The van der Waals surface area contributed by atoms with E-state index in [9.17, 15) is 0 Å². The van der Waals surface area contributed by atoms with Crippen LogP contribution < -0.4 is 5.32 Å². The molecule has 2 aliphatic heterocycles. The summed E-state index contributed by atoms with van der Waals surface area (Å²) >= 11 is 0. The maximum atomic E-state index is 5.83. The molecule has 1 fully saturated rings. The molecule has 0 aromatic heterocycles. The van der Waals surface area contributed by atoms with Crippen molar-refractivity contribution in [1.82, 2.24) is 10.2 Å². The van der Waals surface area contributed by atoms with Crippen LogP contribution in [-0.4, -0.2) is 57.4 Å². The second-order valence-corrected chi connectivity index (χ2v) is 4.54. The van der Waals surface area contributed by atoms with Crippen molar-refractivity contribution in [3.05, 3.63) is 11.8 Å². The summed E-state index contributed by atoms with van der Waals surface area (Å²) in [4.78, 5) is 2.31. The summed E-state index contributed by atoms with van der Waals surface area (Å²) in [6, 6.07) is 0.197. The van der Waals surface area contributed by atoms with Crippen LogP contribution >= 0.6 is 0 Å². The molecule has 92 valence electrons. The second-order valence-electron chi connectivity index (χ2n) is 4.54. The summed E-state index contributed by atoms with van der Waals surface area (Å²) in [6.07, 6.45) is 4.65. The average molecular weight is 226 g/mol. The van der Waals surface area contributed by atoms with Gasteiger partial charge in [-0.3, -0.25) is 0 Å². The van der Waals surface area contributed by atoms with Crippen molar-refractivity contribution in [1.29, 1.82) is 0 Å². The Balaban J connectivity index is 2.00. The van der Waals surface area contributed by atoms with Crippen LogP contribution in [0.25, 0.3) is 0 Å². The minimum Gasteiger partial charge on any atom is -0.496 e. The lowest BCUT2D eigenvalue weighted by Gasteiger charge is -2.36. The highest BCUT2D eigenvalue weighted by atomic mass is 16.5. The van der Waals surface area contributed by atoms with Crippen LogP contribution in [-0.2, 0) is 9.47 Å². The van der Waals surface area contributed by atoms with E-state index < -0.39 is 0 Å². The number of hydrogen-bond donors (Lipinski definition) is 1. The SMILES string of the molecule is CNC(C1=CCCCO1)C1CN(C)CCO1. The average Bonchev–Trinajstić information content (AvgIpc) is 2.31. The highest BCUT2D eigenvalue weighted by Crippen LogP contribution is 2.19. The lowest BCUT2D eigenvalue weighted by atomic mass is 10.0.